The van der Waals surface area contributed by atoms with E-state index >= 15 is 0 Å². The van der Waals surface area contributed by atoms with Crippen LogP contribution in [-0.4, -0.2) is 11.7 Å². The van der Waals surface area contributed by atoms with E-state index in [-0.39, 0.29) is 6.04 Å². The smallest absolute Gasteiger partial charge is 0.176 e. The largest absolute Gasteiger partial charge is 0.354 e. The van der Waals surface area contributed by atoms with Crippen molar-refractivity contribution in [2.75, 3.05) is 11.4 Å². The zero-order valence-corrected chi connectivity index (χ0v) is 16.1. The summed E-state index contributed by atoms with van der Waals surface area (Å²) in [4.78, 5) is 2.37. The van der Waals surface area contributed by atoms with Crippen LogP contribution >= 0.6 is 15.9 Å². The molecule has 0 N–H and O–H groups in total. The van der Waals surface area contributed by atoms with E-state index in [1.54, 1.807) is 0 Å². The van der Waals surface area contributed by atoms with Gasteiger partial charge >= 0.3 is 0 Å². The van der Waals surface area contributed by atoms with E-state index in [1.165, 1.54) is 16.7 Å². The van der Waals surface area contributed by atoms with Crippen molar-refractivity contribution in [2.45, 2.75) is 32.7 Å². The van der Waals surface area contributed by atoms with E-state index in [2.05, 4.69) is 88.4 Å². The van der Waals surface area contributed by atoms with Gasteiger partial charge in [0.15, 0.2) is 11.6 Å². The zero-order valence-electron chi connectivity index (χ0n) is 14.5. The van der Waals surface area contributed by atoms with Crippen LogP contribution in [0.15, 0.2) is 57.5 Å². The number of rotatable bonds is 3. The molecule has 0 amide bonds. The normalized spacial score (nSPS) is 15.1. The molecule has 0 aliphatic carbocycles. The maximum atomic E-state index is 5.81. The van der Waals surface area contributed by atoms with Crippen LogP contribution < -0.4 is 4.90 Å². The third-order valence-corrected chi connectivity index (χ3v) is 5.92. The van der Waals surface area contributed by atoms with E-state index in [9.17, 15) is 0 Å². The van der Waals surface area contributed by atoms with Gasteiger partial charge in [0.25, 0.3) is 0 Å². The predicted molar refractivity (Wildman–Crippen MR) is 105 cm³/mol. The van der Waals surface area contributed by atoms with Crippen LogP contribution in [0, 0.1) is 6.92 Å². The number of aromatic nitrogens is 1. The Morgan fingerprint density at radius 1 is 1.16 bits per heavy atom. The molecule has 0 saturated heterocycles. The average molecular weight is 397 g/mol. The number of nitrogens with zero attached hydrogens (tertiary/aromatic N) is 2. The van der Waals surface area contributed by atoms with Gasteiger partial charge in [-0.25, -0.2) is 0 Å². The topological polar surface area (TPSA) is 29.3 Å². The molecule has 128 valence electrons. The summed E-state index contributed by atoms with van der Waals surface area (Å²) >= 11 is 3.57. The summed E-state index contributed by atoms with van der Waals surface area (Å²) in [5.74, 6) is 1.91. The second kappa shape index (κ2) is 6.68. The van der Waals surface area contributed by atoms with Gasteiger partial charge in [0.05, 0.1) is 6.04 Å². The molecular weight excluding hydrogens is 376 g/mol. The molecule has 1 aliphatic heterocycles. The molecule has 1 aromatic heterocycles. The Kier molecular flexibility index (Phi) is 4.38. The van der Waals surface area contributed by atoms with Crippen molar-refractivity contribution in [3.63, 3.8) is 0 Å². The Bertz CT molecular complexity index is 888. The fourth-order valence-corrected chi connectivity index (χ4v) is 3.83. The number of hydrogen-bond donors (Lipinski definition) is 0. The number of benzene rings is 2. The lowest BCUT2D eigenvalue weighted by molar-refractivity contribution is 0.429. The number of halogens is 1. The summed E-state index contributed by atoms with van der Waals surface area (Å²) in [5, 5.41) is 4.45. The van der Waals surface area contributed by atoms with Gasteiger partial charge in [0.2, 0.25) is 0 Å². The van der Waals surface area contributed by atoms with Gasteiger partial charge in [-0.05, 0) is 56.0 Å². The molecule has 0 saturated carbocycles. The standard InChI is InChI=1S/C21H21BrN2O/c1-14-13-17(10-11-19(14)22)20-18-9-6-12-24(21(18)23-25-20)15(2)16-7-4-3-5-8-16/h3-5,7-8,10-11,13,15H,6,9,12H2,1-2H3/t15-/m0/s1. The van der Waals surface area contributed by atoms with Gasteiger partial charge in [-0.2, -0.15) is 0 Å². The van der Waals surface area contributed by atoms with Crippen molar-refractivity contribution in [2.24, 2.45) is 0 Å². The van der Waals surface area contributed by atoms with Crippen molar-refractivity contribution < 1.29 is 4.52 Å². The SMILES string of the molecule is Cc1cc(-c2onc3c2CCCN3[C@@H](C)c2ccccc2)ccc1Br. The van der Waals surface area contributed by atoms with Gasteiger partial charge in [-0.1, -0.05) is 51.4 Å². The van der Waals surface area contributed by atoms with Crippen molar-refractivity contribution in [1.82, 2.24) is 5.16 Å². The fraction of sp³-hybridized carbons (Fsp3) is 0.286. The van der Waals surface area contributed by atoms with Gasteiger partial charge in [-0.15, -0.1) is 0 Å². The summed E-state index contributed by atoms with van der Waals surface area (Å²) < 4.78 is 6.92. The van der Waals surface area contributed by atoms with Gasteiger partial charge in [0, 0.05) is 22.1 Å². The highest BCUT2D eigenvalue weighted by Gasteiger charge is 2.29. The quantitative estimate of drug-likeness (QED) is 0.549. The monoisotopic (exact) mass is 396 g/mol. The Morgan fingerprint density at radius 3 is 2.72 bits per heavy atom. The summed E-state index contributed by atoms with van der Waals surface area (Å²) in [7, 11) is 0. The predicted octanol–water partition coefficient (Wildman–Crippen LogP) is 5.93. The van der Waals surface area contributed by atoms with Gasteiger partial charge < -0.3 is 9.42 Å². The highest BCUT2D eigenvalue weighted by Crippen LogP contribution is 2.39. The molecule has 3 nitrogen and oxygen atoms in total. The number of hydrogen-bond acceptors (Lipinski definition) is 3. The van der Waals surface area contributed by atoms with Crippen LogP contribution in [0.4, 0.5) is 5.82 Å². The molecule has 0 unspecified atom stereocenters. The molecule has 4 rings (SSSR count). The first kappa shape index (κ1) is 16.4. The van der Waals surface area contributed by atoms with Crippen LogP contribution in [0.2, 0.25) is 0 Å². The van der Waals surface area contributed by atoms with Crippen LogP contribution in [0.5, 0.6) is 0 Å². The molecule has 3 aromatic rings. The van der Waals surface area contributed by atoms with Crippen molar-refractivity contribution in [3.8, 4) is 11.3 Å². The highest BCUT2D eigenvalue weighted by atomic mass is 79.9. The Labute approximate surface area is 156 Å². The minimum absolute atomic E-state index is 0.282. The van der Waals surface area contributed by atoms with E-state index in [0.717, 1.165) is 41.0 Å². The van der Waals surface area contributed by atoms with Crippen molar-refractivity contribution in [1.29, 1.82) is 0 Å². The van der Waals surface area contributed by atoms with Crippen LogP contribution in [0.1, 0.15) is 36.1 Å². The minimum atomic E-state index is 0.282. The maximum Gasteiger partial charge on any atom is 0.176 e. The Morgan fingerprint density at radius 2 is 1.96 bits per heavy atom. The van der Waals surface area contributed by atoms with E-state index in [0.29, 0.717) is 0 Å². The van der Waals surface area contributed by atoms with Crippen LogP contribution in [-0.2, 0) is 6.42 Å². The molecule has 0 radical (unpaired) electrons. The highest BCUT2D eigenvalue weighted by molar-refractivity contribution is 9.10. The molecule has 4 heteroatoms. The van der Waals surface area contributed by atoms with Crippen molar-refractivity contribution >= 4 is 21.7 Å². The Balaban J connectivity index is 1.72. The maximum absolute atomic E-state index is 5.81. The first-order valence-corrected chi connectivity index (χ1v) is 9.51. The fourth-order valence-electron chi connectivity index (χ4n) is 3.59. The third-order valence-electron chi connectivity index (χ3n) is 5.03. The molecular formula is C21H21BrN2O. The second-order valence-electron chi connectivity index (χ2n) is 6.66. The molecule has 0 fully saturated rings. The zero-order chi connectivity index (χ0) is 17.4. The summed E-state index contributed by atoms with van der Waals surface area (Å²) in [6, 6.07) is 17.2. The number of aryl methyl sites for hydroxylation is 1. The van der Waals surface area contributed by atoms with Crippen molar-refractivity contribution in [3.05, 3.63) is 69.7 Å². The minimum Gasteiger partial charge on any atom is -0.354 e. The third kappa shape index (κ3) is 2.99. The first-order chi connectivity index (χ1) is 12.1. The molecule has 1 aliphatic rings. The average Bonchev–Trinajstić information content (AvgIpc) is 3.08. The van der Waals surface area contributed by atoms with Crippen LogP contribution in [0.3, 0.4) is 0 Å². The molecule has 1 atom stereocenters. The second-order valence-corrected chi connectivity index (χ2v) is 7.52. The summed E-state index contributed by atoms with van der Waals surface area (Å²) in [6.07, 6.45) is 2.13. The summed E-state index contributed by atoms with van der Waals surface area (Å²) in [5.41, 5.74) is 4.84. The van der Waals surface area contributed by atoms with E-state index < -0.39 is 0 Å². The molecule has 2 aromatic carbocycles. The lowest BCUT2D eigenvalue weighted by Crippen LogP contribution is -2.32. The molecule has 0 spiro atoms. The lowest BCUT2D eigenvalue weighted by Gasteiger charge is -2.33. The van der Waals surface area contributed by atoms with E-state index in [1.807, 2.05) is 0 Å². The van der Waals surface area contributed by atoms with Gasteiger partial charge in [0.1, 0.15) is 0 Å². The van der Waals surface area contributed by atoms with Gasteiger partial charge in [-0.3, -0.25) is 0 Å². The molecule has 25 heavy (non-hydrogen) atoms. The number of anilines is 1. The van der Waals surface area contributed by atoms with Crippen LogP contribution in [0.25, 0.3) is 11.3 Å². The molecule has 2 heterocycles. The number of fused-ring (bicyclic) bond motifs is 1. The summed E-state index contributed by atoms with van der Waals surface area (Å²) in [6.45, 7) is 5.34. The molecule has 0 bridgehead atoms. The lowest BCUT2D eigenvalue weighted by atomic mass is 9.98. The Hall–Kier alpha value is -2.07. The van der Waals surface area contributed by atoms with E-state index in [4.69, 9.17) is 4.52 Å². The first-order valence-electron chi connectivity index (χ1n) is 8.72.